The molecule has 0 aromatic heterocycles. The Kier molecular flexibility index (Phi) is 1.37. The minimum atomic E-state index is -0.538. The minimum absolute atomic E-state index is 0.0382. The zero-order valence-electron chi connectivity index (χ0n) is 4.72. The molecule has 0 saturated carbocycles. The average molecular weight is 116 g/mol. The Labute approximate surface area is 47.6 Å². The number of cyclic esters (lactones) is 2. The summed E-state index contributed by atoms with van der Waals surface area (Å²) < 4.78 is 9.11. The molecule has 1 heterocycles. The van der Waals surface area contributed by atoms with Gasteiger partial charge in [-0.3, -0.25) is 0 Å². The van der Waals surface area contributed by atoms with Crippen LogP contribution in [-0.2, 0) is 9.47 Å². The van der Waals surface area contributed by atoms with Crippen molar-refractivity contribution in [1.29, 1.82) is 0 Å². The second kappa shape index (κ2) is 2.03. The van der Waals surface area contributed by atoms with Crippen LogP contribution in [0.2, 0.25) is 0 Å². The van der Waals surface area contributed by atoms with Gasteiger partial charge in [-0.1, -0.05) is 0 Å². The van der Waals surface area contributed by atoms with Gasteiger partial charge in [-0.25, -0.2) is 4.79 Å². The van der Waals surface area contributed by atoms with Crippen molar-refractivity contribution < 1.29 is 14.3 Å². The van der Waals surface area contributed by atoms with Crippen molar-refractivity contribution in [3.63, 3.8) is 0 Å². The Morgan fingerprint density at radius 1 is 1.75 bits per heavy atom. The summed E-state index contributed by atoms with van der Waals surface area (Å²) in [6.07, 6.45) is 0.311. The molecule has 0 N–H and O–H groups in total. The molecule has 0 aliphatic carbocycles. The number of ether oxygens (including phenoxy) is 2. The summed E-state index contributed by atoms with van der Waals surface area (Å²) in [6.45, 7) is 2.35. The molecule has 3 nitrogen and oxygen atoms in total. The number of rotatable bonds is 0. The second-order valence-electron chi connectivity index (χ2n) is 1.82. The van der Waals surface area contributed by atoms with E-state index in [9.17, 15) is 4.79 Å². The third-order valence-corrected chi connectivity index (χ3v) is 1.04. The van der Waals surface area contributed by atoms with Crippen molar-refractivity contribution in [3.05, 3.63) is 0 Å². The van der Waals surface area contributed by atoms with Crippen LogP contribution in [-0.4, -0.2) is 18.9 Å². The van der Waals surface area contributed by atoms with Crippen LogP contribution < -0.4 is 0 Å². The van der Waals surface area contributed by atoms with Gasteiger partial charge < -0.3 is 9.47 Å². The lowest BCUT2D eigenvalue weighted by Crippen LogP contribution is -2.24. The van der Waals surface area contributed by atoms with Gasteiger partial charge in [-0.15, -0.1) is 0 Å². The van der Waals surface area contributed by atoms with Gasteiger partial charge in [0.05, 0.1) is 6.61 Å². The van der Waals surface area contributed by atoms with E-state index in [1.165, 1.54) is 0 Å². The Morgan fingerprint density at radius 2 is 2.50 bits per heavy atom. The number of hydrogen-bond acceptors (Lipinski definition) is 3. The summed E-state index contributed by atoms with van der Waals surface area (Å²) in [6, 6.07) is 0. The summed E-state index contributed by atoms with van der Waals surface area (Å²) in [7, 11) is 0. The van der Waals surface area contributed by atoms with E-state index in [0.717, 1.165) is 6.42 Å². The van der Waals surface area contributed by atoms with Gasteiger partial charge in [-0.2, -0.15) is 0 Å². The van der Waals surface area contributed by atoms with Crippen LogP contribution in [0.1, 0.15) is 13.3 Å². The van der Waals surface area contributed by atoms with Crippen molar-refractivity contribution in [2.45, 2.75) is 19.4 Å². The van der Waals surface area contributed by atoms with E-state index in [1.807, 2.05) is 6.92 Å². The quantitative estimate of drug-likeness (QED) is 0.442. The molecule has 1 atom stereocenters. The van der Waals surface area contributed by atoms with Crippen LogP contribution in [0.25, 0.3) is 0 Å². The predicted octanol–water partition coefficient (Wildman–Crippen LogP) is 0.932. The molecule has 8 heavy (non-hydrogen) atoms. The van der Waals surface area contributed by atoms with Crippen LogP contribution >= 0.6 is 0 Å². The first-order chi connectivity index (χ1) is 3.79. The number of carbonyl (C=O) groups is 1. The average Bonchev–Trinajstić information content (AvgIpc) is 1.64. The molecule has 1 rings (SSSR count). The lowest BCUT2D eigenvalue weighted by atomic mass is 10.3. The topological polar surface area (TPSA) is 35.5 Å². The molecule has 1 aliphatic rings. The highest BCUT2D eigenvalue weighted by Gasteiger charge is 2.16. The summed E-state index contributed by atoms with van der Waals surface area (Å²) in [4.78, 5) is 10.2. The molecule has 46 valence electrons. The fourth-order valence-corrected chi connectivity index (χ4v) is 0.565. The first-order valence-electron chi connectivity index (χ1n) is 2.62. The fraction of sp³-hybridized carbons (Fsp3) is 0.800. The van der Waals surface area contributed by atoms with Gasteiger partial charge >= 0.3 is 6.16 Å². The summed E-state index contributed by atoms with van der Waals surface area (Å²) in [5.74, 6) is 0. The molecular weight excluding hydrogens is 108 g/mol. The maximum Gasteiger partial charge on any atom is 0.508 e. The van der Waals surface area contributed by atoms with E-state index in [-0.39, 0.29) is 6.10 Å². The normalized spacial score (nSPS) is 28.6. The number of hydrogen-bond donors (Lipinski definition) is 0. The summed E-state index contributed by atoms with van der Waals surface area (Å²) in [5, 5.41) is 0. The molecular formula is C5H8O3. The van der Waals surface area contributed by atoms with Crippen molar-refractivity contribution in [1.82, 2.24) is 0 Å². The van der Waals surface area contributed by atoms with Crippen molar-refractivity contribution in [2.24, 2.45) is 0 Å². The molecule has 0 spiro atoms. The largest absolute Gasteiger partial charge is 0.508 e. The third-order valence-electron chi connectivity index (χ3n) is 1.04. The molecule has 0 aromatic carbocycles. The number of carbonyl (C=O) groups excluding carboxylic acids is 1. The predicted molar refractivity (Wildman–Crippen MR) is 26.5 cm³/mol. The molecule has 0 amide bonds. The highest BCUT2D eigenvalue weighted by Crippen LogP contribution is 2.05. The molecule has 3 heteroatoms. The minimum Gasteiger partial charge on any atom is -0.434 e. The maximum absolute atomic E-state index is 10.2. The fourth-order valence-electron chi connectivity index (χ4n) is 0.565. The van der Waals surface area contributed by atoms with Gasteiger partial charge in [0.1, 0.15) is 6.10 Å². The lowest BCUT2D eigenvalue weighted by molar-refractivity contribution is -0.0154. The van der Waals surface area contributed by atoms with Gasteiger partial charge in [0, 0.05) is 6.42 Å². The Hall–Kier alpha value is -0.730. The Morgan fingerprint density at radius 3 is 2.88 bits per heavy atom. The van der Waals surface area contributed by atoms with Crippen LogP contribution in [0.4, 0.5) is 4.79 Å². The maximum atomic E-state index is 10.2. The van der Waals surface area contributed by atoms with E-state index in [0.29, 0.717) is 6.61 Å². The molecule has 1 saturated heterocycles. The summed E-state index contributed by atoms with van der Waals surface area (Å²) in [5.41, 5.74) is 0. The van der Waals surface area contributed by atoms with Crippen LogP contribution in [0, 0.1) is 0 Å². The Bertz CT molecular complexity index is 99.8. The molecule has 0 radical (unpaired) electrons. The van der Waals surface area contributed by atoms with Crippen molar-refractivity contribution >= 4 is 6.16 Å². The van der Waals surface area contributed by atoms with Gasteiger partial charge in [-0.05, 0) is 6.92 Å². The van der Waals surface area contributed by atoms with Gasteiger partial charge in [0.15, 0.2) is 0 Å². The lowest BCUT2D eigenvalue weighted by Gasteiger charge is -2.17. The van der Waals surface area contributed by atoms with E-state index >= 15 is 0 Å². The highest BCUT2D eigenvalue weighted by atomic mass is 16.7. The molecule has 1 aliphatic heterocycles. The van der Waals surface area contributed by atoms with Crippen molar-refractivity contribution in [3.8, 4) is 0 Å². The van der Waals surface area contributed by atoms with E-state index in [2.05, 4.69) is 9.47 Å². The zero-order valence-corrected chi connectivity index (χ0v) is 4.72. The van der Waals surface area contributed by atoms with Gasteiger partial charge in [0.25, 0.3) is 0 Å². The third kappa shape index (κ3) is 1.12. The van der Waals surface area contributed by atoms with E-state index < -0.39 is 6.16 Å². The van der Waals surface area contributed by atoms with Gasteiger partial charge in [0.2, 0.25) is 0 Å². The van der Waals surface area contributed by atoms with E-state index in [1.54, 1.807) is 0 Å². The van der Waals surface area contributed by atoms with Crippen molar-refractivity contribution in [2.75, 3.05) is 6.61 Å². The first-order valence-corrected chi connectivity index (χ1v) is 2.62. The standard InChI is InChI=1S/C5H8O3/c1-4-2-3-7-5(6)8-4/h4H,2-3H2,1H3. The zero-order chi connectivity index (χ0) is 5.98. The molecule has 1 unspecified atom stereocenters. The molecule has 0 aromatic rings. The highest BCUT2D eigenvalue weighted by molar-refractivity contribution is 5.60. The summed E-state index contributed by atoms with van der Waals surface area (Å²) >= 11 is 0. The second-order valence-corrected chi connectivity index (χ2v) is 1.82. The van der Waals surface area contributed by atoms with Crippen LogP contribution in [0.15, 0.2) is 0 Å². The first kappa shape index (κ1) is 5.41. The van der Waals surface area contributed by atoms with Crippen LogP contribution in [0.5, 0.6) is 0 Å². The SMILES string of the molecule is CC1CCOC(=O)O1. The Balaban J connectivity index is 2.34. The molecule has 0 bridgehead atoms. The monoisotopic (exact) mass is 116 g/mol. The van der Waals surface area contributed by atoms with Crippen LogP contribution in [0.3, 0.4) is 0 Å². The van der Waals surface area contributed by atoms with E-state index in [4.69, 9.17) is 0 Å². The molecule has 1 fully saturated rings. The smallest absolute Gasteiger partial charge is 0.434 e.